The maximum absolute atomic E-state index is 14.1. The van der Waals surface area contributed by atoms with E-state index >= 15 is 0 Å². The summed E-state index contributed by atoms with van der Waals surface area (Å²) in [4.78, 5) is 32.8. The molecule has 2 aromatic rings. The van der Waals surface area contributed by atoms with Crippen LogP contribution in [0.3, 0.4) is 0 Å². The van der Waals surface area contributed by atoms with Crippen LogP contribution in [0.2, 0.25) is 5.02 Å². The molecule has 1 N–H and O–H groups in total. The van der Waals surface area contributed by atoms with Crippen LogP contribution in [0.4, 0.5) is 0 Å². The first kappa shape index (κ1) is 28.3. The first-order chi connectivity index (χ1) is 18.0. The first-order valence-electron chi connectivity index (χ1n) is 13.1. The molecule has 2 aliphatic heterocycles. The summed E-state index contributed by atoms with van der Waals surface area (Å²) >= 11 is 6.21. The van der Waals surface area contributed by atoms with Gasteiger partial charge in [0.2, 0.25) is 5.88 Å². The number of hydrogen-bond acceptors (Lipinski definition) is 6. The van der Waals surface area contributed by atoms with Crippen LogP contribution >= 0.6 is 11.6 Å². The van der Waals surface area contributed by atoms with E-state index in [1.807, 2.05) is 52.0 Å². The molecule has 4 rings (SSSR count). The second-order valence-corrected chi connectivity index (χ2v) is 11.6. The lowest BCUT2D eigenvalue weighted by Gasteiger charge is -2.35. The van der Waals surface area contributed by atoms with E-state index in [0.29, 0.717) is 29.5 Å². The van der Waals surface area contributed by atoms with Gasteiger partial charge in [-0.15, -0.1) is 0 Å². The SMILES string of the molecule is COc1ncc(Cl)cc1CO[C@H]1[C@H](C(C)(C)C)[C@@H](C(=O)O)N(C(=O)[C@@H]2CCCCO2)[C@H]1c1ccccc1C. The number of likely N-dealkylation sites (tertiary alicyclic amines) is 1. The maximum Gasteiger partial charge on any atom is 0.326 e. The largest absolute Gasteiger partial charge is 0.481 e. The Bertz CT molecular complexity index is 1160. The molecular weight excluding hydrogens is 508 g/mol. The average molecular weight is 545 g/mol. The Balaban J connectivity index is 1.84. The number of benzene rings is 1. The second-order valence-electron chi connectivity index (χ2n) is 11.2. The van der Waals surface area contributed by atoms with Crippen LogP contribution in [0.1, 0.15) is 62.8 Å². The lowest BCUT2D eigenvalue weighted by Crippen LogP contribution is -2.51. The molecule has 9 heteroatoms. The molecular formula is C29H37ClN2O6. The summed E-state index contributed by atoms with van der Waals surface area (Å²) in [6, 6.07) is 7.76. The fourth-order valence-electron chi connectivity index (χ4n) is 5.88. The molecule has 1 aromatic carbocycles. The number of aryl methyl sites for hydroxylation is 1. The average Bonchev–Trinajstić information content (AvgIpc) is 3.23. The van der Waals surface area contributed by atoms with Crippen molar-refractivity contribution in [2.75, 3.05) is 13.7 Å². The van der Waals surface area contributed by atoms with Crippen molar-refractivity contribution < 1.29 is 28.9 Å². The summed E-state index contributed by atoms with van der Waals surface area (Å²) in [7, 11) is 1.52. The maximum atomic E-state index is 14.1. The standard InChI is InChI=1S/C29H37ClN2O6/c1-17-10-6-7-11-20(17)23-25(38-16-18-14-19(30)15-31-26(18)36-5)22(29(2,3)4)24(28(34)35)32(23)27(33)21-12-8-9-13-37-21/h6-7,10-11,14-15,21-25H,8-9,12-13,16H2,1-5H3,(H,34,35)/t21-,22+,23-,24-,25-/m0/s1. The molecule has 2 aliphatic rings. The quantitative estimate of drug-likeness (QED) is 0.511. The van der Waals surface area contributed by atoms with Gasteiger partial charge in [0.15, 0.2) is 0 Å². The molecule has 0 saturated carbocycles. The van der Waals surface area contributed by atoms with Gasteiger partial charge >= 0.3 is 5.97 Å². The first-order valence-corrected chi connectivity index (χ1v) is 13.4. The zero-order valence-corrected chi connectivity index (χ0v) is 23.4. The Hall–Kier alpha value is -2.68. The number of carbonyl (C=O) groups excluding carboxylic acids is 1. The molecule has 0 aliphatic carbocycles. The van der Waals surface area contributed by atoms with Crippen molar-refractivity contribution in [3.63, 3.8) is 0 Å². The van der Waals surface area contributed by atoms with E-state index in [4.69, 9.17) is 25.8 Å². The Kier molecular flexibility index (Phi) is 8.65. The predicted molar refractivity (Wildman–Crippen MR) is 143 cm³/mol. The molecule has 0 unspecified atom stereocenters. The van der Waals surface area contributed by atoms with Gasteiger partial charge < -0.3 is 24.2 Å². The van der Waals surface area contributed by atoms with Gasteiger partial charge in [0.05, 0.1) is 30.9 Å². The lowest BCUT2D eigenvalue weighted by molar-refractivity contribution is -0.159. The molecule has 0 bridgehead atoms. The number of aliphatic carboxylic acids is 1. The lowest BCUT2D eigenvalue weighted by atomic mass is 9.73. The number of carboxylic acids is 1. The minimum atomic E-state index is -1.10. The van der Waals surface area contributed by atoms with Crippen LogP contribution in [0.5, 0.6) is 5.88 Å². The number of pyridine rings is 1. The number of hydrogen-bond donors (Lipinski definition) is 1. The molecule has 0 spiro atoms. The van der Waals surface area contributed by atoms with Gasteiger partial charge in [-0.25, -0.2) is 9.78 Å². The molecule has 1 aromatic heterocycles. The smallest absolute Gasteiger partial charge is 0.326 e. The highest BCUT2D eigenvalue weighted by molar-refractivity contribution is 6.30. The van der Waals surface area contributed by atoms with E-state index in [0.717, 1.165) is 24.0 Å². The third-order valence-electron chi connectivity index (χ3n) is 7.59. The summed E-state index contributed by atoms with van der Waals surface area (Å²) in [5.74, 6) is -1.49. The number of rotatable bonds is 7. The zero-order chi connectivity index (χ0) is 27.6. The van der Waals surface area contributed by atoms with E-state index in [1.54, 1.807) is 6.07 Å². The molecule has 38 heavy (non-hydrogen) atoms. The van der Waals surface area contributed by atoms with Crippen molar-refractivity contribution in [2.45, 2.75) is 77.9 Å². The topological polar surface area (TPSA) is 98.2 Å². The summed E-state index contributed by atoms with van der Waals surface area (Å²) in [6.45, 7) is 8.52. The molecule has 2 saturated heterocycles. The fourth-order valence-corrected chi connectivity index (χ4v) is 6.06. The number of halogens is 1. The van der Waals surface area contributed by atoms with Crippen LogP contribution in [-0.4, -0.2) is 58.8 Å². The van der Waals surface area contributed by atoms with Gasteiger partial charge in [-0.2, -0.15) is 0 Å². The fraction of sp³-hybridized carbons (Fsp3) is 0.552. The number of nitrogens with zero attached hydrogens (tertiary/aromatic N) is 2. The van der Waals surface area contributed by atoms with Crippen molar-refractivity contribution in [1.82, 2.24) is 9.88 Å². The molecule has 5 atom stereocenters. The van der Waals surface area contributed by atoms with Crippen molar-refractivity contribution in [3.05, 3.63) is 58.2 Å². The third-order valence-corrected chi connectivity index (χ3v) is 7.80. The van der Waals surface area contributed by atoms with Crippen molar-refractivity contribution in [3.8, 4) is 5.88 Å². The number of carbonyl (C=O) groups is 2. The van der Waals surface area contributed by atoms with E-state index in [1.165, 1.54) is 18.2 Å². The van der Waals surface area contributed by atoms with Crippen LogP contribution in [0.15, 0.2) is 36.5 Å². The summed E-state index contributed by atoms with van der Waals surface area (Å²) in [6.07, 6.45) is 2.51. The van der Waals surface area contributed by atoms with Crippen LogP contribution in [0.25, 0.3) is 0 Å². The number of aromatic nitrogens is 1. The van der Waals surface area contributed by atoms with E-state index in [9.17, 15) is 14.7 Å². The molecule has 8 nitrogen and oxygen atoms in total. The summed E-state index contributed by atoms with van der Waals surface area (Å²) in [5, 5.41) is 11.0. The molecule has 3 heterocycles. The molecule has 2 fully saturated rings. The number of methoxy groups -OCH3 is 1. The Labute approximate surface area is 229 Å². The van der Waals surface area contributed by atoms with Crippen LogP contribution in [0, 0.1) is 18.3 Å². The van der Waals surface area contributed by atoms with E-state index < -0.39 is 41.6 Å². The number of amides is 1. The molecule has 0 radical (unpaired) electrons. The Morgan fingerprint density at radius 3 is 2.58 bits per heavy atom. The van der Waals surface area contributed by atoms with Crippen molar-refractivity contribution >= 4 is 23.5 Å². The number of ether oxygens (including phenoxy) is 3. The zero-order valence-electron chi connectivity index (χ0n) is 22.6. The Morgan fingerprint density at radius 2 is 1.97 bits per heavy atom. The Morgan fingerprint density at radius 1 is 1.24 bits per heavy atom. The monoisotopic (exact) mass is 544 g/mol. The highest BCUT2D eigenvalue weighted by Gasteiger charge is 2.59. The highest BCUT2D eigenvalue weighted by Crippen LogP contribution is 2.50. The van der Waals surface area contributed by atoms with Gasteiger partial charge in [-0.3, -0.25) is 4.79 Å². The third kappa shape index (κ3) is 5.67. The summed E-state index contributed by atoms with van der Waals surface area (Å²) in [5.41, 5.74) is 1.95. The van der Waals surface area contributed by atoms with Gasteiger partial charge in [-0.05, 0) is 48.8 Å². The van der Waals surface area contributed by atoms with Gasteiger partial charge in [0.1, 0.15) is 12.1 Å². The highest BCUT2D eigenvalue weighted by atomic mass is 35.5. The second kappa shape index (κ2) is 11.6. The van der Waals surface area contributed by atoms with Gasteiger partial charge in [0.25, 0.3) is 5.91 Å². The minimum Gasteiger partial charge on any atom is -0.481 e. The van der Waals surface area contributed by atoms with E-state index in [2.05, 4.69) is 4.98 Å². The van der Waals surface area contributed by atoms with E-state index in [-0.39, 0.29) is 12.5 Å². The van der Waals surface area contributed by atoms with Gasteiger partial charge in [0, 0.05) is 24.3 Å². The normalized spacial score (nSPS) is 25.8. The van der Waals surface area contributed by atoms with Crippen molar-refractivity contribution in [1.29, 1.82) is 0 Å². The van der Waals surface area contributed by atoms with Crippen LogP contribution in [-0.2, 0) is 25.7 Å². The molecule has 206 valence electrons. The van der Waals surface area contributed by atoms with Crippen LogP contribution < -0.4 is 4.74 Å². The van der Waals surface area contributed by atoms with Gasteiger partial charge in [-0.1, -0.05) is 56.6 Å². The molecule has 1 amide bonds. The number of carboxylic acid groups (broad SMARTS) is 1. The minimum absolute atomic E-state index is 0.0880. The predicted octanol–water partition coefficient (Wildman–Crippen LogP) is 5.21. The van der Waals surface area contributed by atoms with Crippen molar-refractivity contribution in [2.24, 2.45) is 11.3 Å². The summed E-state index contributed by atoms with van der Waals surface area (Å²) < 4.78 is 17.9.